The molecule has 4 aromatic rings. The van der Waals surface area contributed by atoms with Gasteiger partial charge in [-0.25, -0.2) is 0 Å². The molecule has 6 heteroatoms. The molecular formula is C33H36NO3SSi. The van der Waals surface area contributed by atoms with Gasteiger partial charge in [0.15, 0.2) is 6.29 Å². The highest BCUT2D eigenvalue weighted by molar-refractivity contribution is 7.14. The van der Waals surface area contributed by atoms with Crippen LogP contribution in [0.25, 0.3) is 12.2 Å². The van der Waals surface area contributed by atoms with Crippen LogP contribution in [0.15, 0.2) is 91.0 Å². The third-order valence-electron chi connectivity index (χ3n) is 6.26. The largest absolute Gasteiger partial charge is 0.488 e. The fourth-order valence-corrected chi connectivity index (χ4v) is 7.17. The molecule has 0 aliphatic rings. The van der Waals surface area contributed by atoms with Gasteiger partial charge in [-0.3, -0.25) is 4.79 Å². The third-order valence-corrected chi connectivity index (χ3v) is 9.94. The summed E-state index contributed by atoms with van der Waals surface area (Å²) >= 11 is 1.47. The van der Waals surface area contributed by atoms with Gasteiger partial charge in [-0.05, 0) is 52.2 Å². The maximum absolute atomic E-state index is 11.1. The molecule has 0 N–H and O–H groups in total. The van der Waals surface area contributed by atoms with Crippen LogP contribution in [0.2, 0.25) is 5.04 Å². The summed E-state index contributed by atoms with van der Waals surface area (Å²) in [7, 11) is 0.908. The minimum atomic E-state index is -1.18. The van der Waals surface area contributed by atoms with Gasteiger partial charge >= 0.3 is 0 Å². The molecule has 39 heavy (non-hydrogen) atoms. The summed E-state index contributed by atoms with van der Waals surface area (Å²) < 4.78 is 12.9. The molecule has 4 rings (SSSR count). The van der Waals surface area contributed by atoms with Crippen molar-refractivity contribution in [1.29, 1.82) is 0 Å². The number of carbonyl (C=O) groups excluding carboxylic acids is 1. The lowest BCUT2D eigenvalue weighted by atomic mass is 10.1. The Morgan fingerprint density at radius 3 is 2.23 bits per heavy atom. The number of hydrogen-bond donors (Lipinski definition) is 0. The topological polar surface area (TPSA) is 38.8 Å². The number of carbonyl (C=O) groups is 1. The number of rotatable bonds is 12. The number of anilines is 1. The lowest BCUT2D eigenvalue weighted by Crippen LogP contribution is -2.43. The molecule has 1 heterocycles. The van der Waals surface area contributed by atoms with Crippen LogP contribution in [-0.2, 0) is 11.0 Å². The predicted molar refractivity (Wildman–Crippen MR) is 167 cm³/mol. The number of benzene rings is 3. The van der Waals surface area contributed by atoms with Gasteiger partial charge in [-0.15, -0.1) is 11.3 Å². The normalized spacial score (nSPS) is 11.7. The van der Waals surface area contributed by atoms with E-state index in [4.69, 9.17) is 9.16 Å². The van der Waals surface area contributed by atoms with E-state index < -0.39 is 9.04 Å². The average Bonchev–Trinajstić information content (AvgIpc) is 3.41. The zero-order chi connectivity index (χ0) is 27.7. The fourth-order valence-electron chi connectivity index (χ4n) is 4.19. The Morgan fingerprint density at radius 2 is 1.56 bits per heavy atom. The van der Waals surface area contributed by atoms with Gasteiger partial charge < -0.3 is 14.1 Å². The van der Waals surface area contributed by atoms with Gasteiger partial charge in [0.05, 0.1) is 11.5 Å². The first-order chi connectivity index (χ1) is 18.8. The van der Waals surface area contributed by atoms with E-state index in [0.717, 1.165) is 45.1 Å². The van der Waals surface area contributed by atoms with Gasteiger partial charge in [-0.2, -0.15) is 0 Å². The minimum absolute atomic E-state index is 0.0894. The number of ether oxygens (including phenoxy) is 1. The number of hydrogen-bond acceptors (Lipinski definition) is 5. The number of aldehydes is 1. The first kappa shape index (κ1) is 28.6. The maximum Gasteiger partial charge on any atom is 0.252 e. The molecule has 0 saturated carbocycles. The highest BCUT2D eigenvalue weighted by atomic mass is 32.1. The summed E-state index contributed by atoms with van der Waals surface area (Å²) in [5.41, 5.74) is 3.18. The summed E-state index contributed by atoms with van der Waals surface area (Å²) in [4.78, 5) is 15.0. The Bertz CT molecular complexity index is 1360. The molecular weight excluding hydrogens is 519 g/mol. The van der Waals surface area contributed by atoms with Gasteiger partial charge in [0.1, 0.15) is 12.4 Å². The van der Waals surface area contributed by atoms with E-state index in [9.17, 15) is 4.79 Å². The van der Waals surface area contributed by atoms with Crippen LogP contribution < -0.4 is 14.8 Å². The standard InChI is InChI=1S/C33H36NO3SSi/c1-33(2,3)39(31-13-9-6-10-14-31)37-22-21-34(4)28-17-15-27(16-18-29-19-20-30(24-35)38-29)32(23-28)36-25-26-11-7-5-8-12-26/h5-20,23-24H,21-22,25H2,1-4H3/b18-16+. The Labute approximate surface area is 238 Å². The SMILES string of the molecule is CN(CCO[Si](c1ccccc1)C(C)(C)C)c1ccc(/C=C/c2ccc(C=O)s2)c(OCc2ccccc2)c1. The second-order valence-corrected chi connectivity index (χ2v) is 14.6. The quantitative estimate of drug-likeness (QED) is 0.135. The molecule has 0 amide bonds. The van der Waals surface area contributed by atoms with Crippen molar-refractivity contribution in [1.82, 2.24) is 0 Å². The van der Waals surface area contributed by atoms with Crippen LogP contribution in [0.1, 0.15) is 46.4 Å². The van der Waals surface area contributed by atoms with E-state index in [0.29, 0.717) is 13.2 Å². The Kier molecular flexibility index (Phi) is 9.93. The summed E-state index contributed by atoms with van der Waals surface area (Å²) in [5.74, 6) is 0.816. The first-order valence-corrected chi connectivity index (χ1v) is 15.4. The summed E-state index contributed by atoms with van der Waals surface area (Å²) in [6, 6.07) is 30.9. The van der Waals surface area contributed by atoms with Gasteiger partial charge in [0.25, 0.3) is 9.04 Å². The molecule has 0 aliphatic heterocycles. The Hall–Kier alpha value is -3.45. The molecule has 0 fully saturated rings. The first-order valence-electron chi connectivity index (χ1n) is 13.1. The van der Waals surface area contributed by atoms with E-state index in [1.807, 2.05) is 42.5 Å². The lowest BCUT2D eigenvalue weighted by Gasteiger charge is -2.29. The Morgan fingerprint density at radius 1 is 0.872 bits per heavy atom. The summed E-state index contributed by atoms with van der Waals surface area (Å²) in [6.07, 6.45) is 4.96. The van der Waals surface area contributed by atoms with E-state index in [-0.39, 0.29) is 5.04 Å². The van der Waals surface area contributed by atoms with E-state index in [1.165, 1.54) is 16.5 Å². The van der Waals surface area contributed by atoms with Crippen LogP contribution in [0.4, 0.5) is 5.69 Å². The minimum Gasteiger partial charge on any atom is -0.488 e. The fraction of sp³-hybridized carbons (Fsp3) is 0.242. The van der Waals surface area contributed by atoms with Crippen LogP contribution in [0.3, 0.4) is 0 Å². The molecule has 1 aromatic heterocycles. The van der Waals surface area contributed by atoms with Gasteiger partial charge in [0.2, 0.25) is 0 Å². The zero-order valence-corrected chi connectivity index (χ0v) is 24.9. The highest BCUT2D eigenvalue weighted by Gasteiger charge is 2.30. The highest BCUT2D eigenvalue weighted by Crippen LogP contribution is 2.30. The second kappa shape index (κ2) is 13.6. The number of thiophene rings is 1. The zero-order valence-electron chi connectivity index (χ0n) is 23.1. The maximum atomic E-state index is 11.1. The van der Waals surface area contributed by atoms with Gasteiger partial charge in [-0.1, -0.05) is 81.4 Å². The van der Waals surface area contributed by atoms with Crippen molar-refractivity contribution in [2.45, 2.75) is 32.4 Å². The van der Waals surface area contributed by atoms with Crippen molar-refractivity contribution >= 4 is 49.7 Å². The third kappa shape index (κ3) is 8.26. The van der Waals surface area contributed by atoms with E-state index in [1.54, 1.807) is 0 Å². The van der Waals surface area contributed by atoms with Crippen molar-refractivity contribution in [3.05, 3.63) is 112 Å². The molecule has 0 atom stereocenters. The van der Waals surface area contributed by atoms with Crippen LogP contribution in [0.5, 0.6) is 5.75 Å². The van der Waals surface area contributed by atoms with E-state index >= 15 is 0 Å². The Balaban J connectivity index is 1.48. The average molecular weight is 555 g/mol. The monoisotopic (exact) mass is 554 g/mol. The molecule has 1 radical (unpaired) electrons. The van der Waals surface area contributed by atoms with Crippen LogP contribution >= 0.6 is 11.3 Å². The molecule has 0 spiro atoms. The lowest BCUT2D eigenvalue weighted by molar-refractivity contribution is 0.112. The molecule has 0 aliphatic carbocycles. The summed E-state index contributed by atoms with van der Waals surface area (Å²) in [6.45, 7) is 8.69. The molecule has 0 bridgehead atoms. The van der Waals surface area contributed by atoms with Crippen molar-refractivity contribution in [3.63, 3.8) is 0 Å². The second-order valence-electron chi connectivity index (χ2n) is 10.4. The van der Waals surface area contributed by atoms with Crippen molar-refractivity contribution in [2.24, 2.45) is 0 Å². The molecule has 4 nitrogen and oxygen atoms in total. The smallest absolute Gasteiger partial charge is 0.252 e. The molecule has 201 valence electrons. The van der Waals surface area contributed by atoms with Crippen molar-refractivity contribution in [3.8, 4) is 5.75 Å². The molecule has 0 unspecified atom stereocenters. The summed E-state index contributed by atoms with van der Waals surface area (Å²) in [5, 5.41) is 1.39. The van der Waals surface area contributed by atoms with Crippen LogP contribution in [0, 0.1) is 0 Å². The number of nitrogens with zero attached hydrogens (tertiary/aromatic N) is 1. The molecule has 3 aromatic carbocycles. The van der Waals surface area contributed by atoms with Crippen molar-refractivity contribution < 1.29 is 14.0 Å². The molecule has 0 saturated heterocycles. The van der Waals surface area contributed by atoms with Gasteiger partial charge in [0, 0.05) is 35.8 Å². The number of likely N-dealkylation sites (N-methyl/N-ethyl adjacent to an activating group) is 1. The van der Waals surface area contributed by atoms with Crippen LogP contribution in [-0.4, -0.2) is 35.5 Å². The predicted octanol–water partition coefficient (Wildman–Crippen LogP) is 7.46. The van der Waals surface area contributed by atoms with E-state index in [2.05, 4.69) is 93.4 Å². The van der Waals surface area contributed by atoms with Crippen molar-refractivity contribution in [2.75, 3.05) is 25.1 Å².